The predicted molar refractivity (Wildman–Crippen MR) is 142 cm³/mol. The summed E-state index contributed by atoms with van der Waals surface area (Å²) in [5, 5.41) is 9.62. The normalized spacial score (nSPS) is 13.1. The molecule has 0 fully saturated rings. The zero-order valence-electron chi connectivity index (χ0n) is 18.5. The molecule has 0 aliphatic heterocycles. The molecule has 0 aliphatic rings. The number of nitrogens with one attached hydrogen (secondary N) is 1. The van der Waals surface area contributed by atoms with Crippen molar-refractivity contribution in [3.63, 3.8) is 0 Å². The molecule has 166 valence electrons. The Morgan fingerprint density at radius 1 is 0.909 bits per heavy atom. The van der Waals surface area contributed by atoms with Crippen LogP contribution in [-0.4, -0.2) is 34.4 Å². The molecule has 7 heteroatoms. The molecular weight excluding hydrogens is 538 g/mol. The minimum atomic E-state index is -3.11. The fourth-order valence-corrected chi connectivity index (χ4v) is 5.57. The van der Waals surface area contributed by atoms with Crippen LogP contribution in [0.2, 0.25) is 9.88 Å². The van der Waals surface area contributed by atoms with E-state index in [1.807, 2.05) is 76.6 Å². The van der Waals surface area contributed by atoms with E-state index in [1.165, 1.54) is 0 Å². The number of halogens is 1. The standard InChI is InChI=1S/C24H20N4O.2CH3.ClH.Sn/c25-24(29)28-27-21(17-9-3-1-4-10-17)16-15-20-19-13-7-8-14-22(19)26-23(20)18-11-5-2-6-12-18;;;;/h1-16,26H,(H3,25,28,29);2*1H3;1H;/q;;;;+2/p-2/b16-15+,27-21-;;;;. The van der Waals surface area contributed by atoms with Gasteiger partial charge >= 0.3 is 196 Å². The Bertz CT molecular complexity index is 1320. The van der Waals surface area contributed by atoms with Crippen LogP contribution in [0.25, 0.3) is 28.2 Å². The van der Waals surface area contributed by atoms with Crippen molar-refractivity contribution >= 4 is 55.3 Å². The summed E-state index contributed by atoms with van der Waals surface area (Å²) >= 11 is -3.11. The third-order valence-corrected chi connectivity index (χ3v) is 7.39. The van der Waals surface area contributed by atoms with Gasteiger partial charge in [0.25, 0.3) is 0 Å². The number of rotatable bonds is 6. The summed E-state index contributed by atoms with van der Waals surface area (Å²) in [6, 6.07) is 28.3. The fraction of sp³-hybridized carbons (Fsp3) is 0.0769. The van der Waals surface area contributed by atoms with Gasteiger partial charge in [0.05, 0.1) is 0 Å². The maximum absolute atomic E-state index is 6.28. The monoisotopic (exact) mass is 564 g/mol. The van der Waals surface area contributed by atoms with E-state index in [9.17, 15) is 0 Å². The average Bonchev–Trinajstić information content (AvgIpc) is 3.18. The SMILES string of the molecule is [CH3][Sn]([CH3])([Cl])[O]/C(N)=N/N=C(/C=C/c1c(-c2ccccc2)[nH]c2ccccc12)c1ccccc1. The molecule has 1 heterocycles. The van der Waals surface area contributed by atoms with Crippen LogP contribution >= 0.6 is 8.92 Å². The van der Waals surface area contributed by atoms with Crippen LogP contribution in [0.1, 0.15) is 11.1 Å². The van der Waals surface area contributed by atoms with Gasteiger partial charge in [-0.2, -0.15) is 0 Å². The molecule has 4 aromatic rings. The van der Waals surface area contributed by atoms with E-state index in [0.29, 0.717) is 5.71 Å². The molecule has 0 aliphatic carbocycles. The Morgan fingerprint density at radius 3 is 2.24 bits per heavy atom. The van der Waals surface area contributed by atoms with Crippen LogP contribution in [0.15, 0.2) is 101 Å². The summed E-state index contributed by atoms with van der Waals surface area (Å²) in [4.78, 5) is 7.34. The molecule has 5 nitrogen and oxygen atoms in total. The van der Waals surface area contributed by atoms with E-state index in [1.54, 1.807) is 0 Å². The molecule has 0 atom stereocenters. The van der Waals surface area contributed by atoms with Crippen LogP contribution in [0.3, 0.4) is 0 Å². The third kappa shape index (κ3) is 6.06. The van der Waals surface area contributed by atoms with Crippen molar-refractivity contribution < 1.29 is 3.07 Å². The van der Waals surface area contributed by atoms with E-state index in [2.05, 4.69) is 45.5 Å². The second kappa shape index (κ2) is 10.3. The molecule has 0 saturated heterocycles. The molecule has 0 saturated carbocycles. The van der Waals surface area contributed by atoms with Crippen LogP contribution < -0.4 is 5.73 Å². The number of fused-ring (bicyclic) bond motifs is 1. The number of aromatic nitrogens is 1. The number of para-hydroxylation sites is 1. The second-order valence-electron chi connectivity index (χ2n) is 7.91. The number of allylic oxidation sites excluding steroid dienone is 1. The Morgan fingerprint density at radius 2 is 1.55 bits per heavy atom. The van der Waals surface area contributed by atoms with Gasteiger partial charge in [0.1, 0.15) is 0 Å². The zero-order valence-corrected chi connectivity index (χ0v) is 22.1. The first-order chi connectivity index (χ1) is 15.9. The minimum absolute atomic E-state index is 0.00954. The van der Waals surface area contributed by atoms with Gasteiger partial charge in [-0.15, -0.1) is 0 Å². The van der Waals surface area contributed by atoms with Gasteiger partial charge in [0.2, 0.25) is 0 Å². The first-order valence-corrected chi connectivity index (χ1v) is 21.1. The van der Waals surface area contributed by atoms with E-state index < -0.39 is 17.7 Å². The number of aromatic amines is 1. The number of amidine groups is 1. The van der Waals surface area contributed by atoms with Crippen molar-refractivity contribution in [1.82, 2.24) is 4.98 Å². The number of benzene rings is 3. The van der Waals surface area contributed by atoms with Gasteiger partial charge in [0, 0.05) is 0 Å². The Balaban J connectivity index is 1.79. The average molecular weight is 564 g/mol. The van der Waals surface area contributed by atoms with Gasteiger partial charge in [0.15, 0.2) is 0 Å². The van der Waals surface area contributed by atoms with Crippen molar-refractivity contribution in [2.45, 2.75) is 9.88 Å². The number of nitrogens with two attached hydrogens (primary N) is 1. The summed E-state index contributed by atoms with van der Waals surface area (Å²) in [7, 11) is 6.28. The van der Waals surface area contributed by atoms with E-state index >= 15 is 0 Å². The summed E-state index contributed by atoms with van der Waals surface area (Å²) < 4.78 is 5.58. The first kappa shape index (κ1) is 23.1. The molecule has 4 rings (SSSR count). The maximum atomic E-state index is 6.28. The summed E-state index contributed by atoms with van der Waals surface area (Å²) in [5.74, 6) is 0. The first-order valence-electron chi connectivity index (χ1n) is 10.6. The van der Waals surface area contributed by atoms with Crippen LogP contribution in [-0.2, 0) is 3.07 Å². The summed E-state index contributed by atoms with van der Waals surface area (Å²) in [6.07, 6.45) is 4.01. The fourth-order valence-electron chi connectivity index (χ4n) is 3.50. The van der Waals surface area contributed by atoms with Crippen molar-refractivity contribution in [3.8, 4) is 11.3 Å². The molecule has 0 radical (unpaired) electrons. The van der Waals surface area contributed by atoms with Crippen LogP contribution in [0.5, 0.6) is 0 Å². The van der Waals surface area contributed by atoms with Gasteiger partial charge in [-0.05, 0) is 0 Å². The number of H-pyrrole nitrogens is 1. The molecular formula is C26H25ClN4OSn. The van der Waals surface area contributed by atoms with Crippen LogP contribution in [0, 0.1) is 0 Å². The van der Waals surface area contributed by atoms with Gasteiger partial charge in [-0.25, -0.2) is 0 Å². The Kier molecular flexibility index (Phi) is 7.20. The third-order valence-electron chi connectivity index (χ3n) is 4.89. The zero-order chi connectivity index (χ0) is 23.3. The van der Waals surface area contributed by atoms with Crippen molar-refractivity contribution in [2.75, 3.05) is 0 Å². The Hall–Kier alpha value is -3.03. The quantitative estimate of drug-likeness (QED) is 0.121. The Labute approximate surface area is 201 Å². The topological polar surface area (TPSA) is 75.8 Å². The second-order valence-corrected chi connectivity index (χ2v) is 22.4. The van der Waals surface area contributed by atoms with Crippen molar-refractivity contribution in [1.29, 1.82) is 0 Å². The summed E-state index contributed by atoms with van der Waals surface area (Å²) in [5.41, 5.74) is 11.8. The molecule has 3 N–H and O–H groups in total. The molecule has 0 bridgehead atoms. The molecule has 3 aromatic carbocycles. The molecule has 0 amide bonds. The number of nitrogens with zero attached hydrogens (tertiary/aromatic N) is 2. The van der Waals surface area contributed by atoms with Crippen molar-refractivity contribution in [3.05, 3.63) is 102 Å². The van der Waals surface area contributed by atoms with Gasteiger partial charge in [-0.1, -0.05) is 6.07 Å². The van der Waals surface area contributed by atoms with E-state index in [0.717, 1.165) is 33.3 Å². The molecule has 1 aromatic heterocycles. The van der Waals surface area contributed by atoms with Crippen LogP contribution in [0.4, 0.5) is 0 Å². The van der Waals surface area contributed by atoms with E-state index in [-0.39, 0.29) is 6.02 Å². The molecule has 0 spiro atoms. The van der Waals surface area contributed by atoms with Crippen molar-refractivity contribution in [2.24, 2.45) is 15.9 Å². The number of hydrogen-bond donors (Lipinski definition) is 2. The van der Waals surface area contributed by atoms with E-state index in [4.69, 9.17) is 17.7 Å². The summed E-state index contributed by atoms with van der Waals surface area (Å²) in [6.45, 7) is 0. The number of hydrogen-bond acceptors (Lipinski definition) is 3. The van der Waals surface area contributed by atoms with Gasteiger partial charge in [-0.3, -0.25) is 0 Å². The predicted octanol–water partition coefficient (Wildman–Crippen LogP) is 6.52. The van der Waals surface area contributed by atoms with Gasteiger partial charge < -0.3 is 0 Å². The molecule has 33 heavy (non-hydrogen) atoms. The molecule has 0 unspecified atom stereocenters.